The van der Waals surface area contributed by atoms with Crippen molar-refractivity contribution in [1.82, 2.24) is 29.0 Å². The number of hydrogen-bond acceptors (Lipinski definition) is 8. The monoisotopic (exact) mass is 483 g/mol. The molecule has 0 atom stereocenters. The van der Waals surface area contributed by atoms with Gasteiger partial charge < -0.3 is 4.90 Å². The van der Waals surface area contributed by atoms with E-state index in [2.05, 4.69) is 24.9 Å². The lowest BCUT2D eigenvalue weighted by atomic mass is 10.1. The third kappa shape index (κ3) is 5.16. The number of rotatable bonds is 8. The third-order valence-corrected chi connectivity index (χ3v) is 7.85. The van der Waals surface area contributed by atoms with E-state index in [0.717, 1.165) is 43.3 Å². The summed E-state index contributed by atoms with van der Waals surface area (Å²) in [5, 5.41) is 3.96. The summed E-state index contributed by atoms with van der Waals surface area (Å²) in [5.41, 5.74) is 2.37. The summed E-state index contributed by atoms with van der Waals surface area (Å²) >= 11 is 0. The molecule has 1 aromatic carbocycles. The van der Waals surface area contributed by atoms with Crippen LogP contribution in [-0.2, 0) is 17.1 Å². The zero-order chi connectivity index (χ0) is 24.3. The molecule has 0 amide bonds. The number of aryl methyl sites for hydroxylation is 1. The molecule has 0 unspecified atom stereocenters. The number of piperazine rings is 1. The van der Waals surface area contributed by atoms with Crippen LogP contribution < -0.4 is 4.90 Å². The van der Waals surface area contributed by atoms with E-state index in [1.54, 1.807) is 33.4 Å². The van der Waals surface area contributed by atoms with Crippen LogP contribution in [0.4, 0.5) is 5.82 Å². The van der Waals surface area contributed by atoms with E-state index in [1.165, 1.54) is 21.4 Å². The minimum atomic E-state index is -3.54. The molecule has 34 heavy (non-hydrogen) atoms. The van der Waals surface area contributed by atoms with Gasteiger partial charge in [0.15, 0.2) is 11.6 Å². The summed E-state index contributed by atoms with van der Waals surface area (Å²) in [7, 11) is -0.248. The SMILES string of the molecule is CC(=O)c1ccc(-c2nccnc2N2CCN(CCN(C)S(=O)(=O)c3cnn(C)c3)CC2)cc1. The molecule has 1 aliphatic heterocycles. The van der Waals surface area contributed by atoms with Crippen molar-refractivity contribution in [3.63, 3.8) is 0 Å². The van der Waals surface area contributed by atoms with Crippen LogP contribution in [0.5, 0.6) is 0 Å². The maximum atomic E-state index is 12.7. The molecule has 0 saturated carbocycles. The number of benzene rings is 1. The molecule has 1 fully saturated rings. The first-order valence-corrected chi connectivity index (χ1v) is 12.5. The van der Waals surface area contributed by atoms with Gasteiger partial charge in [0.25, 0.3) is 0 Å². The summed E-state index contributed by atoms with van der Waals surface area (Å²) in [6, 6.07) is 7.42. The van der Waals surface area contributed by atoms with E-state index in [4.69, 9.17) is 0 Å². The molecule has 4 rings (SSSR count). The van der Waals surface area contributed by atoms with Crippen LogP contribution in [0.15, 0.2) is 53.9 Å². The van der Waals surface area contributed by atoms with Crippen LogP contribution in [0.25, 0.3) is 11.3 Å². The second kappa shape index (κ2) is 10.00. The van der Waals surface area contributed by atoms with Crippen LogP contribution in [0.2, 0.25) is 0 Å². The first kappa shape index (κ1) is 24.0. The summed E-state index contributed by atoms with van der Waals surface area (Å²) in [6.07, 6.45) is 6.24. The van der Waals surface area contributed by atoms with Crippen LogP contribution in [-0.4, -0.2) is 89.5 Å². The van der Waals surface area contributed by atoms with Crippen molar-refractivity contribution in [2.45, 2.75) is 11.8 Å². The molecule has 0 bridgehead atoms. The molecule has 3 aromatic rings. The van der Waals surface area contributed by atoms with Crippen LogP contribution in [0.3, 0.4) is 0 Å². The molecule has 180 valence electrons. The van der Waals surface area contributed by atoms with Crippen molar-refractivity contribution in [2.75, 3.05) is 51.2 Å². The number of sulfonamides is 1. The number of carbonyl (C=O) groups is 1. The first-order valence-electron chi connectivity index (χ1n) is 11.1. The molecule has 0 N–H and O–H groups in total. The first-order chi connectivity index (χ1) is 16.3. The fourth-order valence-electron chi connectivity index (χ4n) is 3.93. The number of ketones is 1. The summed E-state index contributed by atoms with van der Waals surface area (Å²) in [6.45, 7) is 5.70. The van der Waals surface area contributed by atoms with Crippen molar-refractivity contribution >= 4 is 21.6 Å². The Morgan fingerprint density at radius 2 is 1.74 bits per heavy atom. The number of Topliss-reactive ketones (excluding diaryl/α,β-unsaturated/α-hetero) is 1. The Morgan fingerprint density at radius 1 is 1.06 bits per heavy atom. The number of hydrogen-bond donors (Lipinski definition) is 0. The Hall–Kier alpha value is -3.15. The van der Waals surface area contributed by atoms with Gasteiger partial charge in [0, 0.05) is 83.1 Å². The molecule has 0 aliphatic carbocycles. The van der Waals surface area contributed by atoms with E-state index in [9.17, 15) is 13.2 Å². The highest BCUT2D eigenvalue weighted by atomic mass is 32.2. The molecule has 11 heteroatoms. The Labute approximate surface area is 199 Å². The quantitative estimate of drug-likeness (QED) is 0.444. The maximum Gasteiger partial charge on any atom is 0.245 e. The minimum Gasteiger partial charge on any atom is -0.352 e. The number of anilines is 1. The number of nitrogens with zero attached hydrogens (tertiary/aromatic N) is 7. The van der Waals surface area contributed by atoms with Gasteiger partial charge in [-0.2, -0.15) is 9.40 Å². The summed E-state index contributed by atoms with van der Waals surface area (Å²) in [5.74, 6) is 0.843. The Balaban J connectivity index is 1.37. The lowest BCUT2D eigenvalue weighted by Crippen LogP contribution is -2.49. The molecule has 0 radical (unpaired) electrons. The second-order valence-electron chi connectivity index (χ2n) is 8.37. The summed E-state index contributed by atoms with van der Waals surface area (Å²) < 4.78 is 28.3. The Morgan fingerprint density at radius 3 is 2.35 bits per heavy atom. The predicted octanol–water partition coefficient (Wildman–Crippen LogP) is 1.52. The van der Waals surface area contributed by atoms with Gasteiger partial charge in [-0.3, -0.25) is 19.4 Å². The smallest absolute Gasteiger partial charge is 0.245 e. The minimum absolute atomic E-state index is 0.0286. The lowest BCUT2D eigenvalue weighted by Gasteiger charge is -2.36. The van der Waals surface area contributed by atoms with Crippen LogP contribution in [0.1, 0.15) is 17.3 Å². The van der Waals surface area contributed by atoms with E-state index in [1.807, 2.05) is 24.3 Å². The second-order valence-corrected chi connectivity index (χ2v) is 10.4. The number of aromatic nitrogens is 4. The van der Waals surface area contributed by atoms with E-state index in [-0.39, 0.29) is 10.7 Å². The topological polar surface area (TPSA) is 105 Å². The molecule has 1 aliphatic rings. The fourth-order valence-corrected chi connectivity index (χ4v) is 5.07. The van der Waals surface area contributed by atoms with Crippen molar-refractivity contribution < 1.29 is 13.2 Å². The molecule has 1 saturated heterocycles. The molecule has 0 spiro atoms. The van der Waals surface area contributed by atoms with Crippen molar-refractivity contribution in [2.24, 2.45) is 7.05 Å². The summed E-state index contributed by atoms with van der Waals surface area (Å²) in [4.78, 5) is 25.4. The molecule has 2 aromatic heterocycles. The molecule has 3 heterocycles. The molecular weight excluding hydrogens is 454 g/mol. The van der Waals surface area contributed by atoms with Gasteiger partial charge in [0.05, 0.1) is 6.20 Å². The van der Waals surface area contributed by atoms with E-state index < -0.39 is 10.0 Å². The lowest BCUT2D eigenvalue weighted by molar-refractivity contribution is 0.101. The maximum absolute atomic E-state index is 12.7. The van der Waals surface area contributed by atoms with E-state index >= 15 is 0 Å². The average molecular weight is 484 g/mol. The fraction of sp³-hybridized carbons (Fsp3) is 0.391. The van der Waals surface area contributed by atoms with Gasteiger partial charge in [-0.05, 0) is 6.92 Å². The van der Waals surface area contributed by atoms with Gasteiger partial charge in [-0.1, -0.05) is 24.3 Å². The van der Waals surface area contributed by atoms with Crippen molar-refractivity contribution in [1.29, 1.82) is 0 Å². The predicted molar refractivity (Wildman–Crippen MR) is 129 cm³/mol. The normalized spacial score (nSPS) is 15.1. The highest BCUT2D eigenvalue weighted by molar-refractivity contribution is 7.89. The van der Waals surface area contributed by atoms with E-state index in [0.29, 0.717) is 18.7 Å². The van der Waals surface area contributed by atoms with Crippen LogP contribution in [0, 0.1) is 0 Å². The largest absolute Gasteiger partial charge is 0.352 e. The standard InChI is InChI=1S/C23H29N7O3S/c1-18(31)19-4-6-20(7-5-19)22-23(25-9-8-24-22)30-14-12-29(13-15-30)11-10-28(3)34(32,33)21-16-26-27(2)17-21/h4-9,16-17H,10-15H2,1-3H3. The highest BCUT2D eigenvalue weighted by Crippen LogP contribution is 2.27. The van der Waals surface area contributed by atoms with Gasteiger partial charge >= 0.3 is 0 Å². The Kier molecular flexibility index (Phi) is 7.05. The van der Waals surface area contributed by atoms with Crippen LogP contribution >= 0.6 is 0 Å². The van der Waals surface area contributed by atoms with Crippen molar-refractivity contribution in [3.8, 4) is 11.3 Å². The zero-order valence-electron chi connectivity index (χ0n) is 19.6. The average Bonchev–Trinajstić information content (AvgIpc) is 3.30. The Bertz CT molecular complexity index is 1250. The van der Waals surface area contributed by atoms with Gasteiger partial charge in [0.2, 0.25) is 10.0 Å². The highest BCUT2D eigenvalue weighted by Gasteiger charge is 2.25. The molecule has 10 nitrogen and oxygen atoms in total. The number of carbonyl (C=O) groups excluding carboxylic acids is 1. The van der Waals surface area contributed by atoms with Gasteiger partial charge in [-0.15, -0.1) is 0 Å². The van der Waals surface area contributed by atoms with Gasteiger partial charge in [0.1, 0.15) is 10.6 Å². The van der Waals surface area contributed by atoms with Crippen molar-refractivity contribution in [3.05, 3.63) is 54.6 Å². The zero-order valence-corrected chi connectivity index (χ0v) is 20.4. The number of likely N-dealkylation sites (N-methyl/N-ethyl adjacent to an activating group) is 1. The van der Waals surface area contributed by atoms with Gasteiger partial charge in [-0.25, -0.2) is 13.4 Å². The third-order valence-electron chi connectivity index (χ3n) is 6.04. The molecular formula is C23H29N7O3S.